The Hall–Kier alpha value is -0.790. The SMILES string of the molecule is O=C=C(CCl)CC(=O)O. The summed E-state index contributed by atoms with van der Waals surface area (Å²) in [5.74, 6) is 0.316. The Morgan fingerprint density at radius 1 is 1.67 bits per heavy atom. The van der Waals surface area contributed by atoms with Crippen molar-refractivity contribution in [3.63, 3.8) is 0 Å². The largest absolute Gasteiger partial charge is 0.481 e. The first-order valence-electron chi connectivity index (χ1n) is 2.21. The Labute approximate surface area is 56.9 Å². The molecule has 0 atom stereocenters. The van der Waals surface area contributed by atoms with Crippen LogP contribution in [0.15, 0.2) is 5.57 Å². The number of aliphatic carboxylic acids is 1. The van der Waals surface area contributed by atoms with Gasteiger partial charge in [-0.1, -0.05) is 0 Å². The lowest BCUT2D eigenvalue weighted by Crippen LogP contribution is -1.98. The number of carboxylic acids is 1. The van der Waals surface area contributed by atoms with Crippen LogP contribution in [0.1, 0.15) is 6.42 Å². The van der Waals surface area contributed by atoms with Crippen LogP contribution in [-0.4, -0.2) is 22.9 Å². The van der Waals surface area contributed by atoms with E-state index in [1.54, 1.807) is 0 Å². The van der Waals surface area contributed by atoms with E-state index >= 15 is 0 Å². The van der Waals surface area contributed by atoms with Gasteiger partial charge in [-0.15, -0.1) is 11.6 Å². The molecular weight excluding hydrogens is 144 g/mol. The predicted octanol–water partition coefficient (Wildman–Crippen LogP) is 0.458. The van der Waals surface area contributed by atoms with Crippen LogP contribution in [0.5, 0.6) is 0 Å². The summed E-state index contributed by atoms with van der Waals surface area (Å²) in [5.41, 5.74) is 0.0733. The first-order chi connectivity index (χ1) is 4.20. The van der Waals surface area contributed by atoms with Crippen LogP contribution in [0.4, 0.5) is 0 Å². The van der Waals surface area contributed by atoms with Gasteiger partial charge in [-0.2, -0.15) is 0 Å². The van der Waals surface area contributed by atoms with E-state index in [0.29, 0.717) is 0 Å². The van der Waals surface area contributed by atoms with Crippen molar-refractivity contribution < 1.29 is 14.7 Å². The summed E-state index contributed by atoms with van der Waals surface area (Å²) in [6.45, 7) is 0. The highest BCUT2D eigenvalue weighted by Crippen LogP contribution is 1.97. The number of alkyl halides is 1. The van der Waals surface area contributed by atoms with E-state index in [0.717, 1.165) is 0 Å². The minimum atomic E-state index is -1.06. The quantitative estimate of drug-likeness (QED) is 0.467. The second-order valence-corrected chi connectivity index (χ2v) is 1.68. The first-order valence-corrected chi connectivity index (χ1v) is 2.74. The molecule has 0 spiro atoms. The number of halogens is 1. The van der Waals surface area contributed by atoms with E-state index in [9.17, 15) is 9.59 Å². The van der Waals surface area contributed by atoms with Crippen molar-refractivity contribution in [3.05, 3.63) is 5.57 Å². The molecule has 0 aromatic heterocycles. The van der Waals surface area contributed by atoms with Gasteiger partial charge in [0.15, 0.2) is 0 Å². The zero-order valence-electron chi connectivity index (χ0n) is 4.56. The summed E-state index contributed by atoms with van der Waals surface area (Å²) in [7, 11) is 0. The molecule has 9 heavy (non-hydrogen) atoms. The minimum Gasteiger partial charge on any atom is -0.481 e. The smallest absolute Gasteiger partial charge is 0.308 e. The molecular formula is C5H5ClO3. The third kappa shape index (κ3) is 3.76. The van der Waals surface area contributed by atoms with Crippen LogP contribution < -0.4 is 0 Å². The summed E-state index contributed by atoms with van der Waals surface area (Å²) in [6.07, 6.45) is -0.312. The topological polar surface area (TPSA) is 54.4 Å². The molecule has 0 rings (SSSR count). The van der Waals surface area contributed by atoms with Gasteiger partial charge in [-0.05, 0) is 0 Å². The normalized spacial score (nSPS) is 8.11. The zero-order valence-corrected chi connectivity index (χ0v) is 5.31. The Kier molecular flexibility index (Phi) is 3.76. The number of carbonyl (C=O) groups excluding carboxylic acids is 1. The molecule has 0 amide bonds. The number of hydrogen-bond acceptors (Lipinski definition) is 2. The van der Waals surface area contributed by atoms with Crippen LogP contribution in [-0.2, 0) is 9.59 Å². The van der Waals surface area contributed by atoms with Gasteiger partial charge < -0.3 is 5.11 Å². The maximum atomic E-state index is 9.87. The molecule has 0 heterocycles. The van der Waals surface area contributed by atoms with Crippen LogP contribution in [0, 0.1) is 0 Å². The maximum Gasteiger partial charge on any atom is 0.308 e. The van der Waals surface area contributed by atoms with Gasteiger partial charge >= 0.3 is 5.97 Å². The van der Waals surface area contributed by atoms with Crippen LogP contribution in [0.2, 0.25) is 0 Å². The number of carboxylic acid groups (broad SMARTS) is 1. The van der Waals surface area contributed by atoms with Gasteiger partial charge in [-0.3, -0.25) is 4.79 Å². The number of rotatable bonds is 3. The van der Waals surface area contributed by atoms with Crippen molar-refractivity contribution >= 4 is 23.5 Å². The van der Waals surface area contributed by atoms with E-state index in [2.05, 4.69) is 0 Å². The van der Waals surface area contributed by atoms with E-state index < -0.39 is 5.97 Å². The molecule has 0 fully saturated rings. The molecule has 3 nitrogen and oxygen atoms in total. The Morgan fingerprint density at radius 3 is 2.33 bits per heavy atom. The Bertz CT molecular complexity index is 158. The standard InChI is InChI=1S/C5H5ClO3/c6-2-4(3-7)1-5(8)9/h1-2H2,(H,8,9). The summed E-state index contributed by atoms with van der Waals surface area (Å²) in [4.78, 5) is 19.6. The average Bonchev–Trinajstić information content (AvgIpc) is 1.82. The van der Waals surface area contributed by atoms with E-state index in [1.807, 2.05) is 0 Å². The molecule has 0 aromatic carbocycles. The van der Waals surface area contributed by atoms with Crippen molar-refractivity contribution in [1.29, 1.82) is 0 Å². The fourth-order valence-corrected chi connectivity index (χ4v) is 0.442. The number of carbonyl (C=O) groups is 1. The van der Waals surface area contributed by atoms with Gasteiger partial charge in [-0.25, -0.2) is 4.79 Å². The third-order valence-electron chi connectivity index (χ3n) is 0.670. The lowest BCUT2D eigenvalue weighted by molar-refractivity contribution is -0.136. The second-order valence-electron chi connectivity index (χ2n) is 1.41. The fraction of sp³-hybridized carbons (Fsp3) is 0.400. The minimum absolute atomic E-state index is 0.0597. The monoisotopic (exact) mass is 148 g/mol. The second kappa shape index (κ2) is 4.13. The molecule has 0 saturated heterocycles. The molecule has 0 saturated carbocycles. The van der Waals surface area contributed by atoms with E-state index in [4.69, 9.17) is 16.7 Å². The zero-order chi connectivity index (χ0) is 7.28. The average molecular weight is 149 g/mol. The van der Waals surface area contributed by atoms with Gasteiger partial charge in [0.1, 0.15) is 5.94 Å². The van der Waals surface area contributed by atoms with E-state index in [-0.39, 0.29) is 17.9 Å². The molecule has 50 valence electrons. The fourth-order valence-electron chi connectivity index (χ4n) is 0.293. The van der Waals surface area contributed by atoms with Gasteiger partial charge in [0.25, 0.3) is 0 Å². The maximum absolute atomic E-state index is 9.87. The highest BCUT2D eigenvalue weighted by Gasteiger charge is 2.01. The summed E-state index contributed by atoms with van der Waals surface area (Å²) in [5, 5.41) is 8.09. The summed E-state index contributed by atoms with van der Waals surface area (Å²) < 4.78 is 0. The van der Waals surface area contributed by atoms with Crippen LogP contribution >= 0.6 is 11.6 Å². The Morgan fingerprint density at radius 2 is 2.22 bits per heavy atom. The predicted molar refractivity (Wildman–Crippen MR) is 32.2 cm³/mol. The molecule has 0 aromatic rings. The Balaban J connectivity index is 3.87. The highest BCUT2D eigenvalue weighted by molar-refractivity contribution is 6.20. The van der Waals surface area contributed by atoms with Crippen molar-refractivity contribution in [2.75, 3.05) is 5.88 Å². The first kappa shape index (κ1) is 8.21. The lowest BCUT2D eigenvalue weighted by Gasteiger charge is -1.88. The molecule has 1 N–H and O–H groups in total. The molecule has 0 unspecified atom stereocenters. The molecule has 0 aliphatic rings. The van der Waals surface area contributed by atoms with Crippen molar-refractivity contribution in [2.24, 2.45) is 0 Å². The highest BCUT2D eigenvalue weighted by atomic mass is 35.5. The van der Waals surface area contributed by atoms with Crippen molar-refractivity contribution in [1.82, 2.24) is 0 Å². The summed E-state index contributed by atoms with van der Waals surface area (Å²) >= 11 is 5.15. The molecule has 4 heteroatoms. The molecule has 0 aliphatic heterocycles. The third-order valence-corrected chi connectivity index (χ3v) is 0.993. The summed E-state index contributed by atoms with van der Waals surface area (Å²) in [6, 6.07) is 0. The van der Waals surface area contributed by atoms with Crippen molar-refractivity contribution in [2.45, 2.75) is 6.42 Å². The van der Waals surface area contributed by atoms with Gasteiger partial charge in [0, 0.05) is 5.57 Å². The van der Waals surface area contributed by atoms with Crippen LogP contribution in [0.3, 0.4) is 0 Å². The van der Waals surface area contributed by atoms with Gasteiger partial charge in [0.05, 0.1) is 12.3 Å². The van der Waals surface area contributed by atoms with E-state index in [1.165, 1.54) is 5.94 Å². The molecule has 0 radical (unpaired) electrons. The lowest BCUT2D eigenvalue weighted by atomic mass is 10.2. The number of hydrogen-bond donors (Lipinski definition) is 1. The molecule has 0 aliphatic carbocycles. The van der Waals surface area contributed by atoms with Gasteiger partial charge in [0.2, 0.25) is 0 Å². The van der Waals surface area contributed by atoms with Crippen molar-refractivity contribution in [3.8, 4) is 0 Å². The van der Waals surface area contributed by atoms with Crippen LogP contribution in [0.25, 0.3) is 0 Å². The molecule has 0 bridgehead atoms.